The molecule has 0 aliphatic carbocycles. The number of hydrogen-bond acceptors (Lipinski definition) is 3. The standard InChI is InChI=1S/C11H24N2O/c1-10(13(2)3)7-12-8-11-5-4-6-14-9-11/h10-12H,4-9H2,1-3H3. The van der Waals surface area contributed by atoms with Crippen LogP contribution in [0.3, 0.4) is 0 Å². The van der Waals surface area contributed by atoms with E-state index in [0.717, 1.165) is 32.2 Å². The minimum Gasteiger partial charge on any atom is -0.381 e. The average Bonchev–Trinajstić information content (AvgIpc) is 2.19. The molecule has 1 heterocycles. The molecule has 84 valence electrons. The Bertz CT molecular complexity index is 144. The van der Waals surface area contributed by atoms with E-state index in [9.17, 15) is 0 Å². The molecule has 0 aromatic heterocycles. The van der Waals surface area contributed by atoms with Crippen molar-refractivity contribution in [3.8, 4) is 0 Å². The Hall–Kier alpha value is -0.120. The molecule has 3 heteroatoms. The lowest BCUT2D eigenvalue weighted by molar-refractivity contribution is 0.0544. The van der Waals surface area contributed by atoms with Gasteiger partial charge in [-0.15, -0.1) is 0 Å². The fourth-order valence-corrected chi connectivity index (χ4v) is 1.65. The van der Waals surface area contributed by atoms with Crippen molar-refractivity contribution >= 4 is 0 Å². The number of likely N-dealkylation sites (N-methyl/N-ethyl adjacent to an activating group) is 1. The van der Waals surface area contributed by atoms with Crippen LogP contribution in [0, 0.1) is 5.92 Å². The van der Waals surface area contributed by atoms with Crippen molar-refractivity contribution in [1.29, 1.82) is 0 Å². The molecule has 0 saturated carbocycles. The van der Waals surface area contributed by atoms with Gasteiger partial charge >= 0.3 is 0 Å². The number of rotatable bonds is 5. The third-order valence-corrected chi connectivity index (χ3v) is 3.01. The molecule has 0 radical (unpaired) electrons. The van der Waals surface area contributed by atoms with E-state index >= 15 is 0 Å². The fourth-order valence-electron chi connectivity index (χ4n) is 1.65. The predicted octanol–water partition coefficient (Wildman–Crippen LogP) is 0.953. The second-order valence-electron chi connectivity index (χ2n) is 4.55. The topological polar surface area (TPSA) is 24.5 Å². The van der Waals surface area contributed by atoms with Crippen molar-refractivity contribution < 1.29 is 4.74 Å². The van der Waals surface area contributed by atoms with Gasteiger partial charge < -0.3 is 15.0 Å². The summed E-state index contributed by atoms with van der Waals surface area (Å²) in [5.74, 6) is 0.734. The highest BCUT2D eigenvalue weighted by atomic mass is 16.5. The van der Waals surface area contributed by atoms with Crippen molar-refractivity contribution in [2.45, 2.75) is 25.8 Å². The maximum Gasteiger partial charge on any atom is 0.0506 e. The molecule has 1 rings (SSSR count). The maximum absolute atomic E-state index is 5.44. The lowest BCUT2D eigenvalue weighted by atomic mass is 10.0. The van der Waals surface area contributed by atoms with Crippen LogP contribution >= 0.6 is 0 Å². The van der Waals surface area contributed by atoms with Gasteiger partial charge in [-0.25, -0.2) is 0 Å². The van der Waals surface area contributed by atoms with Gasteiger partial charge in [-0.3, -0.25) is 0 Å². The number of hydrogen-bond donors (Lipinski definition) is 1. The van der Waals surface area contributed by atoms with Gasteiger partial charge in [-0.2, -0.15) is 0 Å². The summed E-state index contributed by atoms with van der Waals surface area (Å²) in [5, 5.41) is 3.51. The van der Waals surface area contributed by atoms with Gasteiger partial charge in [0.2, 0.25) is 0 Å². The fraction of sp³-hybridized carbons (Fsp3) is 1.00. The zero-order valence-corrected chi connectivity index (χ0v) is 9.75. The first-order valence-corrected chi connectivity index (χ1v) is 5.65. The second kappa shape index (κ2) is 6.38. The Balaban J connectivity index is 2.02. The average molecular weight is 200 g/mol. The Morgan fingerprint density at radius 3 is 2.86 bits per heavy atom. The van der Waals surface area contributed by atoms with E-state index in [2.05, 4.69) is 31.2 Å². The van der Waals surface area contributed by atoms with Gasteiger partial charge in [0.05, 0.1) is 6.61 Å². The first-order valence-electron chi connectivity index (χ1n) is 5.65. The van der Waals surface area contributed by atoms with Crippen molar-refractivity contribution in [2.75, 3.05) is 40.4 Å². The summed E-state index contributed by atoms with van der Waals surface area (Å²) in [4.78, 5) is 2.24. The highest BCUT2D eigenvalue weighted by molar-refractivity contribution is 4.68. The summed E-state index contributed by atoms with van der Waals surface area (Å²) in [5.41, 5.74) is 0. The van der Waals surface area contributed by atoms with Crippen LogP contribution in [0.5, 0.6) is 0 Å². The minimum absolute atomic E-state index is 0.611. The van der Waals surface area contributed by atoms with E-state index in [1.807, 2.05) is 0 Å². The van der Waals surface area contributed by atoms with Gasteiger partial charge in [0.1, 0.15) is 0 Å². The highest BCUT2D eigenvalue weighted by Crippen LogP contribution is 2.11. The molecule has 0 amide bonds. The molecular weight excluding hydrogens is 176 g/mol. The van der Waals surface area contributed by atoms with Crippen LogP contribution in [0.25, 0.3) is 0 Å². The Labute approximate surface area is 87.8 Å². The lowest BCUT2D eigenvalue weighted by Crippen LogP contribution is -2.38. The van der Waals surface area contributed by atoms with E-state index in [-0.39, 0.29) is 0 Å². The van der Waals surface area contributed by atoms with Crippen LogP contribution in [0.2, 0.25) is 0 Å². The normalized spacial score (nSPS) is 25.3. The smallest absolute Gasteiger partial charge is 0.0506 e. The van der Waals surface area contributed by atoms with E-state index < -0.39 is 0 Å². The molecular formula is C11H24N2O. The second-order valence-corrected chi connectivity index (χ2v) is 4.55. The monoisotopic (exact) mass is 200 g/mol. The van der Waals surface area contributed by atoms with Gasteiger partial charge in [-0.05, 0) is 39.8 Å². The minimum atomic E-state index is 0.611. The van der Waals surface area contributed by atoms with Gasteiger partial charge in [-0.1, -0.05) is 0 Å². The Morgan fingerprint density at radius 2 is 2.29 bits per heavy atom. The number of nitrogens with zero attached hydrogens (tertiary/aromatic N) is 1. The first-order chi connectivity index (χ1) is 6.70. The maximum atomic E-state index is 5.44. The highest BCUT2D eigenvalue weighted by Gasteiger charge is 2.13. The molecule has 0 aromatic rings. The SMILES string of the molecule is CC(CNCC1CCCOC1)N(C)C. The van der Waals surface area contributed by atoms with Crippen LogP contribution in [0.4, 0.5) is 0 Å². The van der Waals surface area contributed by atoms with Crippen LogP contribution < -0.4 is 5.32 Å². The summed E-state index contributed by atoms with van der Waals surface area (Å²) in [6, 6.07) is 0.611. The molecule has 1 saturated heterocycles. The summed E-state index contributed by atoms with van der Waals surface area (Å²) in [7, 11) is 4.24. The van der Waals surface area contributed by atoms with Crippen molar-refractivity contribution in [3.05, 3.63) is 0 Å². The zero-order valence-electron chi connectivity index (χ0n) is 9.75. The van der Waals surface area contributed by atoms with Gasteiger partial charge in [0.15, 0.2) is 0 Å². The van der Waals surface area contributed by atoms with Crippen molar-refractivity contribution in [1.82, 2.24) is 10.2 Å². The predicted molar refractivity (Wildman–Crippen MR) is 59.6 cm³/mol. The molecule has 2 atom stereocenters. The molecule has 14 heavy (non-hydrogen) atoms. The molecule has 0 aromatic carbocycles. The number of nitrogens with one attached hydrogen (secondary N) is 1. The molecule has 1 aliphatic rings. The zero-order chi connectivity index (χ0) is 10.4. The molecule has 3 nitrogen and oxygen atoms in total. The molecule has 0 bridgehead atoms. The van der Waals surface area contributed by atoms with E-state index in [4.69, 9.17) is 4.74 Å². The van der Waals surface area contributed by atoms with Crippen LogP contribution in [0.1, 0.15) is 19.8 Å². The van der Waals surface area contributed by atoms with Gasteiger partial charge in [0, 0.05) is 25.7 Å². The van der Waals surface area contributed by atoms with E-state index in [1.165, 1.54) is 12.8 Å². The molecule has 1 N–H and O–H groups in total. The summed E-state index contributed by atoms with van der Waals surface area (Å²) in [6.45, 7) is 6.33. The lowest BCUT2D eigenvalue weighted by Gasteiger charge is -2.25. The Morgan fingerprint density at radius 1 is 1.50 bits per heavy atom. The third-order valence-electron chi connectivity index (χ3n) is 3.01. The molecule has 2 unspecified atom stereocenters. The van der Waals surface area contributed by atoms with Crippen LogP contribution in [0.15, 0.2) is 0 Å². The summed E-state index contributed by atoms with van der Waals surface area (Å²) >= 11 is 0. The van der Waals surface area contributed by atoms with Gasteiger partial charge in [0.25, 0.3) is 0 Å². The van der Waals surface area contributed by atoms with Crippen molar-refractivity contribution in [2.24, 2.45) is 5.92 Å². The molecule has 1 aliphatic heterocycles. The van der Waals surface area contributed by atoms with E-state index in [1.54, 1.807) is 0 Å². The van der Waals surface area contributed by atoms with Crippen LogP contribution in [-0.4, -0.2) is 51.3 Å². The molecule has 1 fully saturated rings. The largest absolute Gasteiger partial charge is 0.381 e. The van der Waals surface area contributed by atoms with Crippen LogP contribution in [-0.2, 0) is 4.74 Å². The summed E-state index contributed by atoms with van der Waals surface area (Å²) in [6.07, 6.45) is 2.55. The molecule has 0 spiro atoms. The summed E-state index contributed by atoms with van der Waals surface area (Å²) < 4.78 is 5.44. The Kier molecular flexibility index (Phi) is 5.45. The van der Waals surface area contributed by atoms with Crippen molar-refractivity contribution in [3.63, 3.8) is 0 Å². The third kappa shape index (κ3) is 4.40. The quantitative estimate of drug-likeness (QED) is 0.715. The first kappa shape index (κ1) is 12.0. The number of ether oxygens (including phenoxy) is 1. The van der Waals surface area contributed by atoms with E-state index in [0.29, 0.717) is 6.04 Å².